The van der Waals surface area contributed by atoms with E-state index in [1.165, 1.54) is 0 Å². The van der Waals surface area contributed by atoms with Crippen molar-refractivity contribution in [2.75, 3.05) is 0 Å². The van der Waals surface area contributed by atoms with Crippen LogP contribution in [0.25, 0.3) is 0 Å². The molecule has 104 valence electrons. The molecule has 0 aliphatic heterocycles. The molecule has 0 aromatic heterocycles. The summed E-state index contributed by atoms with van der Waals surface area (Å²) in [6.07, 6.45) is -4.53. The van der Waals surface area contributed by atoms with Gasteiger partial charge in [-0.15, -0.1) is 0 Å². The lowest BCUT2D eigenvalue weighted by Gasteiger charge is -2.07. The third-order valence-corrected chi connectivity index (χ3v) is 1.83. The summed E-state index contributed by atoms with van der Waals surface area (Å²) in [7, 11) is 0. The maximum atomic E-state index is 10.2. The van der Waals surface area contributed by atoms with Crippen LogP contribution in [0, 0.1) is 0 Å². The average molecular weight is 272 g/mol. The van der Waals surface area contributed by atoms with Gasteiger partial charge in [0.25, 0.3) is 0 Å². The Morgan fingerprint density at radius 3 is 1.37 bits per heavy atom. The quantitative estimate of drug-likeness (QED) is 0.480. The summed E-state index contributed by atoms with van der Waals surface area (Å²) in [4.78, 5) is 29.7. The molecule has 0 bridgehead atoms. The van der Waals surface area contributed by atoms with Crippen LogP contribution in [-0.2, 0) is 9.59 Å². The molecule has 0 aliphatic carbocycles. The summed E-state index contributed by atoms with van der Waals surface area (Å²) < 4.78 is 0. The molecule has 0 amide bonds. The third-order valence-electron chi connectivity index (χ3n) is 1.83. The van der Waals surface area contributed by atoms with Crippen LogP contribution < -0.4 is 0 Å². The van der Waals surface area contributed by atoms with E-state index >= 15 is 0 Å². The van der Waals surface area contributed by atoms with Crippen LogP contribution in [0.4, 0.5) is 0 Å². The summed E-state index contributed by atoms with van der Waals surface area (Å²) in [5.41, 5.74) is 0.331. The van der Waals surface area contributed by atoms with Gasteiger partial charge in [0.1, 0.15) is 0 Å². The van der Waals surface area contributed by atoms with Crippen molar-refractivity contribution >= 4 is 17.9 Å². The second-order valence-corrected chi connectivity index (χ2v) is 3.24. The van der Waals surface area contributed by atoms with Crippen molar-refractivity contribution in [3.63, 3.8) is 0 Å². The predicted molar refractivity (Wildman–Crippen MR) is 60.7 cm³/mol. The van der Waals surface area contributed by atoms with E-state index in [1.54, 1.807) is 30.3 Å². The standard InChI is InChI=1S/C7H6O2.C4H6O6/c8-7(9)6-4-2-1-3-5-6;5-1(3(7)8)2(6)4(9)10/h1-5H,(H,8,9);1-2,5-6H,(H,7,8)(H,9,10). The van der Waals surface area contributed by atoms with E-state index < -0.39 is 30.1 Å². The van der Waals surface area contributed by atoms with Crippen LogP contribution in [0.3, 0.4) is 0 Å². The molecule has 5 N–H and O–H groups in total. The molecule has 0 heterocycles. The molecule has 0 saturated heterocycles. The molecule has 2 unspecified atom stereocenters. The SMILES string of the molecule is O=C(O)C(O)C(O)C(=O)O.O=C(O)c1ccccc1. The number of aliphatic hydroxyl groups is 2. The van der Waals surface area contributed by atoms with Gasteiger partial charge in [-0.3, -0.25) is 0 Å². The van der Waals surface area contributed by atoms with Gasteiger partial charge in [0.05, 0.1) is 5.56 Å². The minimum absolute atomic E-state index is 0.331. The zero-order valence-corrected chi connectivity index (χ0v) is 9.50. The van der Waals surface area contributed by atoms with Crippen molar-refractivity contribution in [3.05, 3.63) is 35.9 Å². The Morgan fingerprint density at radius 2 is 1.16 bits per heavy atom. The van der Waals surface area contributed by atoms with Gasteiger partial charge in [0.15, 0.2) is 12.2 Å². The largest absolute Gasteiger partial charge is 0.479 e. The summed E-state index contributed by atoms with van der Waals surface area (Å²) >= 11 is 0. The number of carbonyl (C=O) groups is 3. The van der Waals surface area contributed by atoms with E-state index in [2.05, 4.69) is 0 Å². The van der Waals surface area contributed by atoms with Gasteiger partial charge in [-0.05, 0) is 12.1 Å². The van der Waals surface area contributed by atoms with Gasteiger partial charge in [-0.25, -0.2) is 14.4 Å². The molecule has 0 radical (unpaired) electrons. The van der Waals surface area contributed by atoms with Gasteiger partial charge in [0.2, 0.25) is 0 Å². The Morgan fingerprint density at radius 1 is 0.789 bits per heavy atom. The minimum Gasteiger partial charge on any atom is -0.479 e. The van der Waals surface area contributed by atoms with Crippen molar-refractivity contribution < 1.29 is 39.9 Å². The third kappa shape index (κ3) is 6.15. The smallest absolute Gasteiger partial charge is 0.335 e. The normalized spacial score (nSPS) is 12.5. The van der Waals surface area contributed by atoms with Gasteiger partial charge >= 0.3 is 17.9 Å². The first-order valence-corrected chi connectivity index (χ1v) is 4.87. The van der Waals surface area contributed by atoms with Crippen LogP contribution in [0.2, 0.25) is 0 Å². The number of hydrogen-bond acceptors (Lipinski definition) is 5. The predicted octanol–water partition coefficient (Wildman–Crippen LogP) is -0.738. The number of aliphatic carboxylic acids is 2. The van der Waals surface area contributed by atoms with E-state index in [0.717, 1.165) is 0 Å². The number of carboxylic acid groups (broad SMARTS) is 3. The Labute approximate surface area is 107 Å². The summed E-state index contributed by atoms with van der Waals surface area (Å²) in [6, 6.07) is 8.30. The summed E-state index contributed by atoms with van der Waals surface area (Å²) in [5.74, 6) is -4.42. The molecule has 19 heavy (non-hydrogen) atoms. The van der Waals surface area contributed by atoms with Crippen LogP contribution >= 0.6 is 0 Å². The Balaban J connectivity index is 0.000000342. The van der Waals surface area contributed by atoms with Crippen molar-refractivity contribution in [3.8, 4) is 0 Å². The van der Waals surface area contributed by atoms with Gasteiger partial charge < -0.3 is 25.5 Å². The molecule has 0 fully saturated rings. The van der Waals surface area contributed by atoms with E-state index in [9.17, 15) is 14.4 Å². The van der Waals surface area contributed by atoms with Crippen molar-refractivity contribution in [1.82, 2.24) is 0 Å². The fraction of sp³-hybridized carbons (Fsp3) is 0.182. The number of aliphatic hydroxyl groups excluding tert-OH is 2. The first kappa shape index (κ1) is 16.6. The van der Waals surface area contributed by atoms with Crippen molar-refractivity contribution in [2.24, 2.45) is 0 Å². The zero-order valence-electron chi connectivity index (χ0n) is 9.50. The van der Waals surface area contributed by atoms with Gasteiger partial charge in [-0.1, -0.05) is 18.2 Å². The van der Waals surface area contributed by atoms with E-state index in [4.69, 9.17) is 25.5 Å². The highest BCUT2D eigenvalue weighted by atomic mass is 16.4. The molecule has 8 heteroatoms. The van der Waals surface area contributed by atoms with Gasteiger partial charge in [0, 0.05) is 0 Å². The van der Waals surface area contributed by atoms with Gasteiger partial charge in [-0.2, -0.15) is 0 Å². The Bertz CT molecular complexity index is 423. The highest BCUT2D eigenvalue weighted by molar-refractivity contribution is 5.87. The molecular formula is C11H12O8. The molecule has 8 nitrogen and oxygen atoms in total. The maximum Gasteiger partial charge on any atom is 0.335 e. The summed E-state index contributed by atoms with van der Waals surface area (Å²) in [6.45, 7) is 0. The van der Waals surface area contributed by atoms with Crippen LogP contribution in [-0.4, -0.2) is 55.6 Å². The number of benzene rings is 1. The van der Waals surface area contributed by atoms with E-state index in [-0.39, 0.29) is 0 Å². The second kappa shape index (κ2) is 7.80. The minimum atomic E-state index is -2.27. The number of rotatable bonds is 4. The monoisotopic (exact) mass is 272 g/mol. The van der Waals surface area contributed by atoms with Crippen LogP contribution in [0.1, 0.15) is 10.4 Å². The molecule has 0 aliphatic rings. The fourth-order valence-electron chi connectivity index (χ4n) is 0.851. The van der Waals surface area contributed by atoms with Crippen molar-refractivity contribution in [2.45, 2.75) is 12.2 Å². The molecule has 1 rings (SSSR count). The number of hydrogen-bond donors (Lipinski definition) is 5. The lowest BCUT2D eigenvalue weighted by molar-refractivity contribution is -0.165. The Hall–Kier alpha value is -2.45. The molecule has 0 spiro atoms. The molecule has 1 aromatic rings. The Kier molecular flexibility index (Phi) is 6.79. The second-order valence-electron chi connectivity index (χ2n) is 3.24. The number of carboxylic acids is 3. The average Bonchev–Trinajstić information content (AvgIpc) is 2.38. The zero-order chi connectivity index (χ0) is 15.0. The van der Waals surface area contributed by atoms with Crippen LogP contribution in [0.5, 0.6) is 0 Å². The molecule has 2 atom stereocenters. The number of aromatic carboxylic acids is 1. The topological polar surface area (TPSA) is 152 Å². The lowest BCUT2D eigenvalue weighted by atomic mass is 10.2. The van der Waals surface area contributed by atoms with E-state index in [0.29, 0.717) is 5.56 Å². The van der Waals surface area contributed by atoms with Crippen LogP contribution in [0.15, 0.2) is 30.3 Å². The summed E-state index contributed by atoms with van der Waals surface area (Å²) in [5, 5.41) is 40.9. The van der Waals surface area contributed by atoms with E-state index in [1.807, 2.05) is 0 Å². The highest BCUT2D eigenvalue weighted by Crippen LogP contribution is 1.96. The molecule has 0 saturated carbocycles. The maximum absolute atomic E-state index is 10.2. The van der Waals surface area contributed by atoms with Crippen molar-refractivity contribution in [1.29, 1.82) is 0 Å². The first-order chi connectivity index (χ1) is 8.77. The highest BCUT2D eigenvalue weighted by Gasteiger charge is 2.29. The first-order valence-electron chi connectivity index (χ1n) is 4.87. The molecular weight excluding hydrogens is 260 g/mol. The lowest BCUT2D eigenvalue weighted by Crippen LogP contribution is -2.39. The fourth-order valence-corrected chi connectivity index (χ4v) is 0.851. The molecule has 1 aromatic carbocycles.